The van der Waals surface area contributed by atoms with Crippen molar-refractivity contribution >= 4 is 5.97 Å². The average molecular weight is 174 g/mol. The minimum absolute atomic E-state index is 0.395. The predicted molar refractivity (Wildman–Crippen MR) is 42.4 cm³/mol. The first-order valence-corrected chi connectivity index (χ1v) is 3.73. The Balaban J connectivity index is 4.45. The van der Waals surface area contributed by atoms with Crippen LogP contribution in [0, 0.1) is 5.21 Å². The molecule has 0 aromatic rings. The van der Waals surface area contributed by atoms with Gasteiger partial charge in [-0.3, -0.25) is 4.79 Å². The van der Waals surface area contributed by atoms with Gasteiger partial charge in [-0.2, -0.15) is 0 Å². The van der Waals surface area contributed by atoms with Gasteiger partial charge in [0.25, 0.3) is 5.72 Å². The molecular weight excluding hydrogens is 160 g/mol. The zero-order valence-electron chi connectivity index (χ0n) is 7.83. The second-order valence-electron chi connectivity index (χ2n) is 2.69. The largest absolute Gasteiger partial charge is 0.600 e. The van der Waals surface area contributed by atoms with Gasteiger partial charge in [0.1, 0.15) is 0 Å². The summed E-state index contributed by atoms with van der Waals surface area (Å²) in [5.74, 6) is -0.440. The highest BCUT2D eigenvalue weighted by molar-refractivity contribution is 5.66. The van der Waals surface area contributed by atoms with Crippen LogP contribution in [0.15, 0.2) is 5.11 Å². The van der Waals surface area contributed by atoms with E-state index in [0.717, 1.165) is 0 Å². The number of hydrogen-bond donors (Lipinski definition) is 0. The Morgan fingerprint density at radius 3 is 2.50 bits per heavy atom. The van der Waals surface area contributed by atoms with Crippen molar-refractivity contribution in [2.45, 2.75) is 32.9 Å². The number of esters is 1. The number of ether oxygens (including phenoxy) is 1. The highest BCUT2D eigenvalue weighted by Gasteiger charge is 2.28. The molecule has 0 rings (SSSR count). The fourth-order valence-electron chi connectivity index (χ4n) is 0.771. The SMILES string of the molecule is CCC(C)(N=[N+](C)[O-])OC(C)=O. The van der Waals surface area contributed by atoms with Gasteiger partial charge in [-0.25, -0.2) is 0 Å². The summed E-state index contributed by atoms with van der Waals surface area (Å²) in [7, 11) is 1.25. The molecule has 0 N–H and O–H groups in total. The quantitative estimate of drug-likeness (QED) is 0.280. The Bertz CT molecular complexity index is 199. The number of carbonyl (C=O) groups is 1. The second-order valence-corrected chi connectivity index (χ2v) is 2.69. The lowest BCUT2D eigenvalue weighted by atomic mass is 10.2. The molecule has 1 unspecified atom stereocenters. The van der Waals surface area contributed by atoms with Crippen molar-refractivity contribution in [3.8, 4) is 0 Å². The van der Waals surface area contributed by atoms with Crippen molar-refractivity contribution in [1.29, 1.82) is 0 Å². The summed E-state index contributed by atoms with van der Waals surface area (Å²) < 4.78 is 4.85. The first-order valence-electron chi connectivity index (χ1n) is 3.73. The molecule has 0 saturated heterocycles. The normalized spacial score (nSPS) is 16.8. The van der Waals surface area contributed by atoms with Crippen molar-refractivity contribution in [2.75, 3.05) is 7.05 Å². The maximum absolute atomic E-state index is 10.6. The van der Waals surface area contributed by atoms with Crippen LogP contribution in [-0.2, 0) is 9.53 Å². The van der Waals surface area contributed by atoms with Crippen LogP contribution in [0.3, 0.4) is 0 Å². The number of carbonyl (C=O) groups excluding carboxylic acids is 1. The van der Waals surface area contributed by atoms with Gasteiger partial charge in [-0.05, 0) is 0 Å². The average Bonchev–Trinajstić information content (AvgIpc) is 1.83. The van der Waals surface area contributed by atoms with E-state index >= 15 is 0 Å². The van der Waals surface area contributed by atoms with Crippen LogP contribution in [0.4, 0.5) is 0 Å². The van der Waals surface area contributed by atoms with Crippen molar-refractivity contribution in [2.24, 2.45) is 5.11 Å². The minimum atomic E-state index is -1.03. The van der Waals surface area contributed by atoms with Crippen LogP contribution in [0.1, 0.15) is 27.2 Å². The molecule has 0 fully saturated rings. The summed E-state index contributed by atoms with van der Waals surface area (Å²) in [5, 5.41) is 14.2. The fraction of sp³-hybridized carbons (Fsp3) is 0.857. The van der Waals surface area contributed by atoms with Crippen LogP contribution < -0.4 is 0 Å². The Labute approximate surface area is 71.6 Å². The Morgan fingerprint density at radius 2 is 2.25 bits per heavy atom. The van der Waals surface area contributed by atoms with E-state index in [2.05, 4.69) is 5.11 Å². The lowest BCUT2D eigenvalue weighted by molar-refractivity contribution is -0.513. The molecule has 0 aromatic heterocycles. The van der Waals surface area contributed by atoms with E-state index in [9.17, 15) is 10.0 Å². The van der Waals surface area contributed by atoms with Crippen LogP contribution in [0.2, 0.25) is 0 Å². The van der Waals surface area contributed by atoms with E-state index in [4.69, 9.17) is 4.74 Å². The van der Waals surface area contributed by atoms with Crippen molar-refractivity contribution in [3.05, 3.63) is 5.21 Å². The van der Waals surface area contributed by atoms with E-state index in [1.54, 1.807) is 13.8 Å². The Kier molecular flexibility index (Phi) is 3.66. The smallest absolute Gasteiger partial charge is 0.305 e. The Hall–Kier alpha value is -1.13. The standard InChI is InChI=1S/C7H14N2O3/c1-5-7(3,8-9(4)11)12-6(2)10/h5H2,1-4H3. The first kappa shape index (κ1) is 10.9. The summed E-state index contributed by atoms with van der Waals surface area (Å²) >= 11 is 0. The molecule has 0 amide bonds. The molecule has 0 saturated carbocycles. The van der Waals surface area contributed by atoms with Gasteiger partial charge in [-0.15, -0.1) is 0 Å². The van der Waals surface area contributed by atoms with Gasteiger partial charge in [0.15, 0.2) is 7.05 Å². The van der Waals surface area contributed by atoms with Gasteiger partial charge in [0.05, 0.1) is 0 Å². The molecule has 70 valence electrons. The molecular formula is C7H14N2O3. The van der Waals surface area contributed by atoms with Crippen molar-refractivity contribution < 1.29 is 14.4 Å². The van der Waals surface area contributed by atoms with Crippen LogP contribution >= 0.6 is 0 Å². The van der Waals surface area contributed by atoms with Crippen LogP contribution in [0.25, 0.3) is 0 Å². The number of nitrogens with zero attached hydrogens (tertiary/aromatic N) is 2. The number of azo groups is 1. The van der Waals surface area contributed by atoms with Gasteiger partial charge >= 0.3 is 5.97 Å². The maximum atomic E-state index is 10.6. The zero-order valence-corrected chi connectivity index (χ0v) is 7.83. The van der Waals surface area contributed by atoms with Crippen molar-refractivity contribution in [3.63, 3.8) is 0 Å². The van der Waals surface area contributed by atoms with E-state index in [-0.39, 0.29) is 0 Å². The van der Waals surface area contributed by atoms with E-state index < -0.39 is 11.7 Å². The molecule has 0 aromatic carbocycles. The third-order valence-electron chi connectivity index (χ3n) is 1.37. The zero-order chi connectivity index (χ0) is 9.78. The molecule has 0 bridgehead atoms. The minimum Gasteiger partial charge on any atom is -0.600 e. The second kappa shape index (κ2) is 4.04. The van der Waals surface area contributed by atoms with Gasteiger partial charge in [0, 0.05) is 25.4 Å². The molecule has 5 heteroatoms. The highest BCUT2D eigenvalue weighted by atomic mass is 16.6. The van der Waals surface area contributed by atoms with Crippen LogP contribution in [0.5, 0.6) is 0 Å². The van der Waals surface area contributed by atoms with Crippen molar-refractivity contribution in [1.82, 2.24) is 0 Å². The molecule has 12 heavy (non-hydrogen) atoms. The molecule has 0 radical (unpaired) electrons. The van der Waals surface area contributed by atoms with Gasteiger partial charge < -0.3 is 9.94 Å². The van der Waals surface area contributed by atoms with E-state index in [1.165, 1.54) is 14.0 Å². The third-order valence-corrected chi connectivity index (χ3v) is 1.37. The summed E-state index contributed by atoms with van der Waals surface area (Å²) in [6.45, 7) is 4.66. The Morgan fingerprint density at radius 1 is 1.75 bits per heavy atom. The van der Waals surface area contributed by atoms with E-state index in [0.29, 0.717) is 11.3 Å². The third kappa shape index (κ3) is 3.90. The summed E-state index contributed by atoms with van der Waals surface area (Å²) in [6, 6.07) is 0. The first-order chi connectivity index (χ1) is 5.39. The highest BCUT2D eigenvalue weighted by Crippen LogP contribution is 2.16. The molecule has 0 heterocycles. The molecule has 1 atom stereocenters. The number of hydroxylamine groups is 1. The summed E-state index contributed by atoms with van der Waals surface area (Å²) in [6.07, 6.45) is 0.471. The fourth-order valence-corrected chi connectivity index (χ4v) is 0.771. The molecule has 0 spiro atoms. The van der Waals surface area contributed by atoms with Gasteiger partial charge in [-0.1, -0.05) is 11.8 Å². The molecule has 0 aliphatic carbocycles. The van der Waals surface area contributed by atoms with Crippen LogP contribution in [-0.4, -0.2) is 23.6 Å². The van der Waals surface area contributed by atoms with Gasteiger partial charge in [0.2, 0.25) is 0 Å². The van der Waals surface area contributed by atoms with E-state index in [1.807, 2.05) is 0 Å². The lowest BCUT2D eigenvalue weighted by Gasteiger charge is -2.19. The monoisotopic (exact) mass is 174 g/mol. The topological polar surface area (TPSA) is 64.7 Å². The maximum Gasteiger partial charge on any atom is 0.305 e. The summed E-state index contributed by atoms with van der Waals surface area (Å²) in [4.78, 5) is 11.0. The molecule has 5 nitrogen and oxygen atoms in total. The molecule has 0 aliphatic rings. The number of rotatable bonds is 3. The summed E-state index contributed by atoms with van der Waals surface area (Å²) in [5.41, 5.74) is -1.03. The number of hydrogen-bond acceptors (Lipinski definition) is 4. The lowest BCUT2D eigenvalue weighted by Crippen LogP contribution is -2.29. The predicted octanol–water partition coefficient (Wildman–Crippen LogP) is 1.27. The molecule has 0 aliphatic heterocycles.